The smallest absolute Gasteiger partial charge is 0.355 e. The van der Waals surface area contributed by atoms with Gasteiger partial charge in [0.15, 0.2) is 5.54 Å². The van der Waals surface area contributed by atoms with E-state index in [1.165, 1.54) is 31.3 Å². The van der Waals surface area contributed by atoms with Crippen LogP contribution in [-0.4, -0.2) is 30.6 Å². The molecule has 0 radical (unpaired) electrons. The van der Waals surface area contributed by atoms with Crippen LogP contribution >= 0.6 is 0 Å². The van der Waals surface area contributed by atoms with Gasteiger partial charge in [0, 0.05) is 18.3 Å². The number of nitrogens with one attached hydrogen (secondary N) is 2. The molecule has 0 fully saturated rings. The highest BCUT2D eigenvalue weighted by atomic mass is 19.4. The molecule has 0 aromatic heterocycles. The van der Waals surface area contributed by atoms with Crippen LogP contribution in [-0.2, 0) is 4.79 Å². The van der Waals surface area contributed by atoms with Crippen molar-refractivity contribution in [2.24, 2.45) is 5.73 Å². The SMILES string of the molecule is CNC(=O)c1cccc(NC(=O)C(C)(N)C(F)(F)F)c1. The Kier molecular flexibility index (Phi) is 4.39. The molecule has 2 amide bonds. The van der Waals surface area contributed by atoms with Gasteiger partial charge in [-0.25, -0.2) is 0 Å². The quantitative estimate of drug-likeness (QED) is 0.783. The van der Waals surface area contributed by atoms with Crippen molar-refractivity contribution in [2.75, 3.05) is 12.4 Å². The topological polar surface area (TPSA) is 84.2 Å². The van der Waals surface area contributed by atoms with Crippen LogP contribution in [0.1, 0.15) is 17.3 Å². The van der Waals surface area contributed by atoms with Gasteiger partial charge >= 0.3 is 6.18 Å². The molecule has 8 heteroatoms. The number of hydrogen-bond donors (Lipinski definition) is 3. The molecule has 4 N–H and O–H groups in total. The summed E-state index contributed by atoms with van der Waals surface area (Å²) in [5, 5.41) is 4.40. The fraction of sp³-hybridized carbons (Fsp3) is 0.333. The van der Waals surface area contributed by atoms with Crippen molar-refractivity contribution in [2.45, 2.75) is 18.6 Å². The van der Waals surface area contributed by atoms with Crippen molar-refractivity contribution in [3.05, 3.63) is 29.8 Å². The fourth-order valence-corrected chi connectivity index (χ4v) is 1.27. The summed E-state index contributed by atoms with van der Waals surface area (Å²) < 4.78 is 37.8. The second-order valence-electron chi connectivity index (χ2n) is 4.31. The summed E-state index contributed by atoms with van der Waals surface area (Å²) in [6.07, 6.45) is -4.88. The zero-order chi connectivity index (χ0) is 15.6. The summed E-state index contributed by atoms with van der Waals surface area (Å²) in [6, 6.07) is 5.50. The maximum absolute atomic E-state index is 12.6. The number of halogens is 3. The number of rotatable bonds is 3. The number of benzene rings is 1. The van der Waals surface area contributed by atoms with Crippen molar-refractivity contribution >= 4 is 17.5 Å². The Bertz CT molecular complexity index is 527. The van der Waals surface area contributed by atoms with E-state index in [9.17, 15) is 22.8 Å². The van der Waals surface area contributed by atoms with Crippen molar-refractivity contribution in [1.29, 1.82) is 0 Å². The predicted molar refractivity (Wildman–Crippen MR) is 67.1 cm³/mol. The molecule has 110 valence electrons. The van der Waals surface area contributed by atoms with Crippen LogP contribution in [0.4, 0.5) is 18.9 Å². The summed E-state index contributed by atoms with van der Waals surface area (Å²) in [6.45, 7) is 0.574. The van der Waals surface area contributed by atoms with E-state index in [-0.39, 0.29) is 11.3 Å². The Morgan fingerprint density at radius 3 is 2.35 bits per heavy atom. The van der Waals surface area contributed by atoms with E-state index in [4.69, 9.17) is 5.73 Å². The molecule has 0 heterocycles. The number of nitrogens with two attached hydrogens (primary N) is 1. The summed E-state index contributed by atoms with van der Waals surface area (Å²) >= 11 is 0. The monoisotopic (exact) mass is 289 g/mol. The minimum absolute atomic E-state index is 0.0528. The zero-order valence-corrected chi connectivity index (χ0v) is 10.8. The maximum Gasteiger partial charge on any atom is 0.415 e. The molecular formula is C12H14F3N3O2. The van der Waals surface area contributed by atoms with E-state index >= 15 is 0 Å². The molecule has 0 aliphatic heterocycles. The van der Waals surface area contributed by atoms with E-state index in [1.807, 2.05) is 5.32 Å². The normalized spacial score (nSPS) is 14.3. The Hall–Kier alpha value is -2.09. The van der Waals surface area contributed by atoms with Crippen LogP contribution in [0.15, 0.2) is 24.3 Å². The lowest BCUT2D eigenvalue weighted by Crippen LogP contribution is -2.59. The predicted octanol–water partition coefficient (Wildman–Crippen LogP) is 1.26. The summed E-state index contributed by atoms with van der Waals surface area (Å²) in [5.41, 5.74) is 2.23. The zero-order valence-electron chi connectivity index (χ0n) is 10.8. The largest absolute Gasteiger partial charge is 0.415 e. The lowest BCUT2D eigenvalue weighted by Gasteiger charge is -2.26. The van der Waals surface area contributed by atoms with Crippen LogP contribution in [0.3, 0.4) is 0 Å². The number of carbonyl (C=O) groups is 2. The highest BCUT2D eigenvalue weighted by Crippen LogP contribution is 2.29. The lowest BCUT2D eigenvalue weighted by atomic mass is 10.0. The molecule has 1 atom stereocenters. The number of hydrogen-bond acceptors (Lipinski definition) is 3. The van der Waals surface area contributed by atoms with Crippen molar-refractivity contribution in [3.63, 3.8) is 0 Å². The number of carbonyl (C=O) groups excluding carboxylic acids is 2. The molecule has 1 rings (SSSR count). The third-order valence-electron chi connectivity index (χ3n) is 2.67. The molecule has 0 aliphatic carbocycles. The van der Waals surface area contributed by atoms with Gasteiger partial charge in [-0.05, 0) is 25.1 Å². The number of anilines is 1. The molecule has 0 aliphatic rings. The Morgan fingerprint density at radius 2 is 1.85 bits per heavy atom. The summed E-state index contributed by atoms with van der Waals surface area (Å²) in [5.74, 6) is -1.83. The molecule has 0 saturated carbocycles. The van der Waals surface area contributed by atoms with Crippen LogP contribution < -0.4 is 16.4 Å². The Labute approximate surface area is 113 Å². The third kappa shape index (κ3) is 3.27. The second kappa shape index (κ2) is 5.49. The maximum atomic E-state index is 12.6. The first-order chi connectivity index (χ1) is 9.09. The first-order valence-corrected chi connectivity index (χ1v) is 5.59. The van der Waals surface area contributed by atoms with Gasteiger partial charge in [0.05, 0.1) is 0 Å². The summed E-state index contributed by atoms with van der Waals surface area (Å²) in [4.78, 5) is 23.0. The molecular weight excluding hydrogens is 275 g/mol. The fourth-order valence-electron chi connectivity index (χ4n) is 1.27. The van der Waals surface area contributed by atoms with Gasteiger partial charge in [-0.2, -0.15) is 13.2 Å². The molecule has 0 saturated heterocycles. The summed E-state index contributed by atoms with van der Waals surface area (Å²) in [7, 11) is 1.41. The van der Waals surface area contributed by atoms with Gasteiger partial charge in [0.2, 0.25) is 0 Å². The van der Waals surface area contributed by atoms with E-state index in [0.717, 1.165) is 0 Å². The molecule has 1 aromatic carbocycles. The minimum atomic E-state index is -4.88. The number of amides is 2. The van der Waals surface area contributed by atoms with E-state index < -0.39 is 23.5 Å². The van der Waals surface area contributed by atoms with Gasteiger partial charge in [0.25, 0.3) is 11.8 Å². The lowest BCUT2D eigenvalue weighted by molar-refractivity contribution is -0.184. The molecule has 1 aromatic rings. The van der Waals surface area contributed by atoms with Gasteiger partial charge < -0.3 is 16.4 Å². The minimum Gasteiger partial charge on any atom is -0.355 e. The standard InChI is InChI=1S/C12H14F3N3O2/c1-11(16,12(13,14)15)10(20)18-8-5-3-4-7(6-8)9(19)17-2/h3-6H,16H2,1-2H3,(H,17,19)(H,18,20). The molecule has 0 spiro atoms. The van der Waals surface area contributed by atoms with Gasteiger partial charge in [0.1, 0.15) is 0 Å². The van der Waals surface area contributed by atoms with Crippen molar-refractivity contribution < 1.29 is 22.8 Å². The van der Waals surface area contributed by atoms with E-state index in [0.29, 0.717) is 6.92 Å². The van der Waals surface area contributed by atoms with E-state index in [2.05, 4.69) is 5.32 Å². The molecule has 20 heavy (non-hydrogen) atoms. The van der Waals surface area contributed by atoms with Gasteiger partial charge in [-0.1, -0.05) is 6.07 Å². The van der Waals surface area contributed by atoms with Gasteiger partial charge in [-0.3, -0.25) is 9.59 Å². The molecule has 5 nitrogen and oxygen atoms in total. The first-order valence-electron chi connectivity index (χ1n) is 5.59. The Balaban J connectivity index is 2.95. The van der Waals surface area contributed by atoms with Crippen LogP contribution in [0.2, 0.25) is 0 Å². The van der Waals surface area contributed by atoms with Crippen LogP contribution in [0.5, 0.6) is 0 Å². The van der Waals surface area contributed by atoms with Crippen LogP contribution in [0.25, 0.3) is 0 Å². The van der Waals surface area contributed by atoms with Crippen LogP contribution in [0, 0.1) is 0 Å². The Morgan fingerprint density at radius 1 is 1.25 bits per heavy atom. The molecule has 0 bridgehead atoms. The number of alkyl halides is 3. The highest BCUT2D eigenvalue weighted by Gasteiger charge is 2.53. The second-order valence-corrected chi connectivity index (χ2v) is 4.31. The van der Waals surface area contributed by atoms with Gasteiger partial charge in [-0.15, -0.1) is 0 Å². The van der Waals surface area contributed by atoms with Crippen molar-refractivity contribution in [3.8, 4) is 0 Å². The average Bonchev–Trinajstić information content (AvgIpc) is 2.36. The third-order valence-corrected chi connectivity index (χ3v) is 2.67. The van der Waals surface area contributed by atoms with E-state index in [1.54, 1.807) is 0 Å². The van der Waals surface area contributed by atoms with Crippen molar-refractivity contribution in [1.82, 2.24) is 5.32 Å². The molecule has 1 unspecified atom stereocenters. The average molecular weight is 289 g/mol. The highest BCUT2D eigenvalue weighted by molar-refractivity contribution is 6.00. The first kappa shape index (κ1) is 16.0.